The number of benzene rings is 2. The van der Waals surface area contributed by atoms with E-state index in [0.29, 0.717) is 23.2 Å². The topological polar surface area (TPSA) is 46.6 Å². The molecule has 3 rings (SSSR count). The number of hydrogen-bond donors (Lipinski definition) is 0. The Bertz CT molecular complexity index is 854. The van der Waals surface area contributed by atoms with E-state index in [4.69, 9.17) is 4.74 Å². The zero-order valence-electron chi connectivity index (χ0n) is 14.7. The number of Topliss-reactive ketones (excluding diaryl/α,β-unsaturated/α-hetero) is 1. The van der Waals surface area contributed by atoms with Crippen LogP contribution in [0, 0.1) is 0 Å². The molecular formula is C21H21NO3. The lowest BCUT2D eigenvalue weighted by Gasteiger charge is -2.44. The third-order valence-corrected chi connectivity index (χ3v) is 4.97. The van der Waals surface area contributed by atoms with Crippen molar-refractivity contribution in [1.82, 2.24) is 4.90 Å². The van der Waals surface area contributed by atoms with E-state index in [0.717, 1.165) is 11.3 Å². The van der Waals surface area contributed by atoms with E-state index in [1.165, 1.54) is 0 Å². The van der Waals surface area contributed by atoms with Crippen molar-refractivity contribution >= 4 is 17.3 Å². The van der Waals surface area contributed by atoms with Crippen molar-refractivity contribution in [2.75, 3.05) is 13.7 Å². The first-order valence-electron chi connectivity index (χ1n) is 8.24. The Morgan fingerprint density at radius 1 is 1.08 bits per heavy atom. The van der Waals surface area contributed by atoms with Gasteiger partial charge in [-0.3, -0.25) is 9.59 Å². The van der Waals surface area contributed by atoms with Crippen LogP contribution in [0.2, 0.25) is 0 Å². The third kappa shape index (κ3) is 2.45. The Morgan fingerprint density at radius 2 is 1.68 bits per heavy atom. The molecule has 0 aromatic heterocycles. The van der Waals surface area contributed by atoms with E-state index in [9.17, 15) is 9.59 Å². The molecular weight excluding hydrogens is 314 g/mol. The SMILES string of the molecule is C=C(c1ccc(OC)cc1)C1(C)C(=O)c2ccccc2C(=O)N1CC. The summed E-state index contributed by atoms with van der Waals surface area (Å²) in [5.41, 5.74) is 1.20. The number of amides is 1. The highest BCUT2D eigenvalue weighted by molar-refractivity contribution is 6.21. The van der Waals surface area contributed by atoms with Gasteiger partial charge in [0.25, 0.3) is 5.91 Å². The van der Waals surface area contributed by atoms with Gasteiger partial charge in [-0.2, -0.15) is 0 Å². The number of methoxy groups -OCH3 is 1. The zero-order chi connectivity index (χ0) is 18.2. The molecule has 0 aliphatic carbocycles. The normalized spacial score (nSPS) is 19.6. The fourth-order valence-corrected chi connectivity index (χ4v) is 3.43. The molecule has 0 fully saturated rings. The summed E-state index contributed by atoms with van der Waals surface area (Å²) in [6.07, 6.45) is 0. The maximum atomic E-state index is 13.3. The van der Waals surface area contributed by atoms with Gasteiger partial charge in [0.15, 0.2) is 5.78 Å². The second-order valence-electron chi connectivity index (χ2n) is 6.20. The molecule has 1 aliphatic rings. The summed E-state index contributed by atoms with van der Waals surface area (Å²) in [6.45, 7) is 8.25. The van der Waals surface area contributed by atoms with E-state index >= 15 is 0 Å². The second-order valence-corrected chi connectivity index (χ2v) is 6.20. The quantitative estimate of drug-likeness (QED) is 0.853. The zero-order valence-corrected chi connectivity index (χ0v) is 14.7. The molecule has 4 heteroatoms. The van der Waals surface area contributed by atoms with E-state index < -0.39 is 5.54 Å². The number of ketones is 1. The van der Waals surface area contributed by atoms with E-state index in [1.807, 2.05) is 31.2 Å². The monoisotopic (exact) mass is 335 g/mol. The minimum absolute atomic E-state index is 0.106. The van der Waals surface area contributed by atoms with Gasteiger partial charge >= 0.3 is 0 Å². The highest BCUT2D eigenvalue weighted by atomic mass is 16.5. The van der Waals surface area contributed by atoms with Crippen LogP contribution in [-0.2, 0) is 0 Å². The molecule has 4 nitrogen and oxygen atoms in total. The maximum Gasteiger partial charge on any atom is 0.255 e. The fraction of sp³-hybridized carbons (Fsp3) is 0.238. The molecule has 1 amide bonds. The predicted molar refractivity (Wildman–Crippen MR) is 97.9 cm³/mol. The van der Waals surface area contributed by atoms with E-state index in [-0.39, 0.29) is 11.7 Å². The molecule has 0 radical (unpaired) electrons. The Kier molecular flexibility index (Phi) is 4.21. The molecule has 0 saturated carbocycles. The van der Waals surface area contributed by atoms with E-state index in [2.05, 4.69) is 6.58 Å². The van der Waals surface area contributed by atoms with Gasteiger partial charge in [-0.1, -0.05) is 36.9 Å². The van der Waals surface area contributed by atoms with Crippen LogP contribution in [0.4, 0.5) is 0 Å². The number of carbonyl (C=O) groups is 2. The average Bonchev–Trinajstić information content (AvgIpc) is 2.66. The summed E-state index contributed by atoms with van der Waals surface area (Å²) in [7, 11) is 1.60. The highest BCUT2D eigenvalue weighted by Gasteiger charge is 2.49. The van der Waals surface area contributed by atoms with Crippen molar-refractivity contribution in [3.8, 4) is 5.75 Å². The minimum atomic E-state index is -1.12. The molecule has 1 unspecified atom stereocenters. The van der Waals surface area contributed by atoms with Crippen LogP contribution < -0.4 is 4.74 Å². The molecule has 1 aliphatic heterocycles. The number of fused-ring (bicyclic) bond motifs is 1. The highest BCUT2D eigenvalue weighted by Crippen LogP contribution is 2.39. The third-order valence-electron chi connectivity index (χ3n) is 4.97. The summed E-state index contributed by atoms with van der Waals surface area (Å²) < 4.78 is 5.19. The van der Waals surface area contributed by atoms with Gasteiger partial charge in [0.1, 0.15) is 11.3 Å². The maximum absolute atomic E-state index is 13.3. The molecule has 1 atom stereocenters. The van der Waals surface area contributed by atoms with Gasteiger partial charge in [-0.05, 0) is 43.2 Å². The van der Waals surface area contributed by atoms with Crippen LogP contribution in [0.1, 0.15) is 40.1 Å². The second kappa shape index (κ2) is 6.20. The lowest BCUT2D eigenvalue weighted by molar-refractivity contribution is 0.0518. The Morgan fingerprint density at radius 3 is 2.24 bits per heavy atom. The summed E-state index contributed by atoms with van der Waals surface area (Å²) in [5.74, 6) is 0.477. The van der Waals surface area contributed by atoms with Gasteiger partial charge in [-0.15, -0.1) is 0 Å². The smallest absolute Gasteiger partial charge is 0.255 e. The van der Waals surface area contributed by atoms with Crippen molar-refractivity contribution in [2.24, 2.45) is 0 Å². The number of ether oxygens (including phenoxy) is 1. The predicted octanol–water partition coefficient (Wildman–Crippen LogP) is 3.83. The number of hydrogen-bond acceptors (Lipinski definition) is 3. The Hall–Kier alpha value is -2.88. The van der Waals surface area contributed by atoms with Crippen molar-refractivity contribution < 1.29 is 14.3 Å². The molecule has 2 aromatic rings. The van der Waals surface area contributed by atoms with Crippen LogP contribution in [0.5, 0.6) is 5.75 Å². The van der Waals surface area contributed by atoms with Crippen LogP contribution >= 0.6 is 0 Å². The number of carbonyl (C=O) groups excluding carboxylic acids is 2. The molecule has 0 saturated heterocycles. The number of nitrogens with zero attached hydrogens (tertiary/aromatic N) is 1. The molecule has 1 heterocycles. The first kappa shape index (κ1) is 17.0. The van der Waals surface area contributed by atoms with Crippen molar-refractivity contribution in [3.63, 3.8) is 0 Å². The first-order valence-corrected chi connectivity index (χ1v) is 8.24. The molecule has 0 spiro atoms. The van der Waals surface area contributed by atoms with Crippen LogP contribution in [0.25, 0.3) is 5.57 Å². The van der Waals surface area contributed by atoms with Crippen molar-refractivity contribution in [1.29, 1.82) is 0 Å². The Labute approximate surface area is 147 Å². The number of rotatable bonds is 4. The molecule has 25 heavy (non-hydrogen) atoms. The summed E-state index contributed by atoms with van der Waals surface area (Å²) in [6, 6.07) is 14.3. The van der Waals surface area contributed by atoms with Crippen LogP contribution in [-0.4, -0.2) is 35.8 Å². The largest absolute Gasteiger partial charge is 0.497 e. The Balaban J connectivity index is 2.12. The van der Waals surface area contributed by atoms with Crippen LogP contribution in [0.15, 0.2) is 55.1 Å². The lowest BCUT2D eigenvalue weighted by atomic mass is 9.75. The fourth-order valence-electron chi connectivity index (χ4n) is 3.43. The molecule has 0 N–H and O–H groups in total. The molecule has 0 bridgehead atoms. The summed E-state index contributed by atoms with van der Waals surface area (Å²) in [5, 5.41) is 0. The van der Waals surface area contributed by atoms with Gasteiger partial charge in [0, 0.05) is 12.1 Å². The molecule has 128 valence electrons. The van der Waals surface area contributed by atoms with Crippen molar-refractivity contribution in [3.05, 3.63) is 71.8 Å². The summed E-state index contributed by atoms with van der Waals surface area (Å²) >= 11 is 0. The minimum Gasteiger partial charge on any atom is -0.497 e. The first-order chi connectivity index (χ1) is 11.9. The number of likely N-dealkylation sites (N-methyl/N-ethyl adjacent to an activating group) is 1. The molecule has 2 aromatic carbocycles. The lowest BCUT2D eigenvalue weighted by Crippen LogP contribution is -2.59. The van der Waals surface area contributed by atoms with Gasteiger partial charge < -0.3 is 9.64 Å². The van der Waals surface area contributed by atoms with E-state index in [1.54, 1.807) is 43.2 Å². The average molecular weight is 335 g/mol. The van der Waals surface area contributed by atoms with Gasteiger partial charge in [-0.25, -0.2) is 0 Å². The van der Waals surface area contributed by atoms with Gasteiger partial charge in [0.2, 0.25) is 0 Å². The summed E-state index contributed by atoms with van der Waals surface area (Å²) in [4.78, 5) is 27.9. The van der Waals surface area contributed by atoms with Crippen LogP contribution in [0.3, 0.4) is 0 Å². The van der Waals surface area contributed by atoms with Gasteiger partial charge in [0.05, 0.1) is 12.7 Å². The standard InChI is InChI=1S/C21H21NO3/c1-5-22-20(24)18-9-7-6-8-17(18)19(23)21(22,3)14(2)15-10-12-16(25-4)13-11-15/h6-13H,2,5H2,1,3-4H3. The van der Waals surface area contributed by atoms with Crippen molar-refractivity contribution in [2.45, 2.75) is 19.4 Å².